The normalized spacial score (nSPS) is 11.5. The van der Waals surface area contributed by atoms with Crippen LogP contribution in [0, 0.1) is 0 Å². The molecule has 2 N–H and O–H groups in total. The molecule has 1 amide bonds. The number of ketones is 1. The maximum atomic E-state index is 12.6. The number of benzene rings is 2. The monoisotopic (exact) mass is 367 g/mol. The Balaban J connectivity index is 1.79. The second-order valence-corrected chi connectivity index (χ2v) is 8.43. The van der Waals surface area contributed by atoms with Crippen molar-refractivity contribution in [2.24, 2.45) is 0 Å². The molecule has 26 heavy (non-hydrogen) atoms. The Kier molecular flexibility index (Phi) is 4.94. The van der Waals surface area contributed by atoms with E-state index >= 15 is 0 Å². The molecule has 5 heteroatoms. The second-order valence-electron chi connectivity index (χ2n) is 7.35. The van der Waals surface area contributed by atoms with E-state index in [1.165, 1.54) is 16.9 Å². The summed E-state index contributed by atoms with van der Waals surface area (Å²) in [4.78, 5) is 24.5. The van der Waals surface area contributed by atoms with Crippen molar-refractivity contribution in [3.8, 4) is 0 Å². The average Bonchev–Trinajstić information content (AvgIpc) is 3.03. The molecule has 0 aliphatic heterocycles. The third kappa shape index (κ3) is 3.84. The molecule has 1 aromatic heterocycles. The summed E-state index contributed by atoms with van der Waals surface area (Å²) < 4.78 is 0.939. The smallest absolute Gasteiger partial charge is 0.284 e. The average molecular weight is 367 g/mol. The molecular weight excluding hydrogens is 346 g/mol. The van der Waals surface area contributed by atoms with Crippen LogP contribution in [-0.2, 0) is 11.8 Å². The van der Waals surface area contributed by atoms with Gasteiger partial charge in [0.1, 0.15) is 0 Å². The van der Waals surface area contributed by atoms with Crippen molar-refractivity contribution in [2.75, 3.05) is 0 Å². The Morgan fingerprint density at radius 2 is 1.73 bits per heavy atom. The summed E-state index contributed by atoms with van der Waals surface area (Å²) in [6.07, 6.45) is 0.308. The van der Waals surface area contributed by atoms with Crippen LogP contribution in [0.3, 0.4) is 0 Å². The maximum Gasteiger partial charge on any atom is 0.284 e. The molecule has 0 atom stereocenters. The van der Waals surface area contributed by atoms with Gasteiger partial charge in [0.2, 0.25) is 0 Å². The number of hydrogen-bond acceptors (Lipinski definition) is 4. The third-order valence-corrected chi connectivity index (χ3v) is 5.46. The lowest BCUT2D eigenvalue weighted by Crippen LogP contribution is -2.16. The van der Waals surface area contributed by atoms with Crippen LogP contribution in [-0.4, -0.2) is 16.9 Å². The van der Waals surface area contributed by atoms with Gasteiger partial charge in [-0.2, -0.15) is 0 Å². The lowest BCUT2D eigenvalue weighted by molar-refractivity contribution is 0.0711. The molecule has 0 aliphatic carbocycles. The third-order valence-electron chi connectivity index (χ3n) is 4.34. The van der Waals surface area contributed by atoms with Crippen LogP contribution < -0.4 is 5.48 Å². The Labute approximate surface area is 156 Å². The molecule has 0 spiro atoms. The highest BCUT2D eigenvalue weighted by Crippen LogP contribution is 2.27. The Hall–Kier alpha value is -2.50. The minimum atomic E-state index is -0.525. The molecule has 4 nitrogen and oxygen atoms in total. The van der Waals surface area contributed by atoms with Crippen LogP contribution in [0.5, 0.6) is 0 Å². The molecule has 134 valence electrons. The molecule has 0 unspecified atom stereocenters. The molecule has 0 aliphatic rings. The first-order valence-electron chi connectivity index (χ1n) is 8.38. The summed E-state index contributed by atoms with van der Waals surface area (Å²) in [6, 6.07) is 15.2. The van der Waals surface area contributed by atoms with Crippen molar-refractivity contribution in [1.29, 1.82) is 0 Å². The van der Waals surface area contributed by atoms with Crippen molar-refractivity contribution in [1.82, 2.24) is 5.48 Å². The van der Waals surface area contributed by atoms with E-state index in [-0.39, 0.29) is 11.2 Å². The quantitative estimate of drug-likeness (QED) is 0.397. The highest BCUT2D eigenvalue weighted by Gasteiger charge is 2.15. The fourth-order valence-electron chi connectivity index (χ4n) is 2.81. The summed E-state index contributed by atoms with van der Waals surface area (Å²) in [6.45, 7) is 6.43. The number of nitrogens with one attached hydrogen (secondary N) is 1. The van der Waals surface area contributed by atoms with E-state index in [0.29, 0.717) is 16.9 Å². The van der Waals surface area contributed by atoms with Gasteiger partial charge in [-0.25, -0.2) is 5.48 Å². The van der Waals surface area contributed by atoms with E-state index < -0.39 is 5.91 Å². The Morgan fingerprint density at radius 3 is 2.35 bits per heavy atom. The Bertz CT molecular complexity index is 965. The first-order valence-corrected chi connectivity index (χ1v) is 9.20. The van der Waals surface area contributed by atoms with Gasteiger partial charge in [0.25, 0.3) is 5.91 Å². The molecule has 3 aromatic rings. The number of hydroxylamine groups is 1. The van der Waals surface area contributed by atoms with Crippen LogP contribution in [0.4, 0.5) is 0 Å². The molecule has 1 heterocycles. The number of carbonyl (C=O) groups is 2. The van der Waals surface area contributed by atoms with Crippen LogP contribution in [0.2, 0.25) is 0 Å². The summed E-state index contributed by atoms with van der Waals surface area (Å²) >= 11 is 1.30. The van der Waals surface area contributed by atoms with E-state index in [4.69, 9.17) is 5.21 Å². The van der Waals surface area contributed by atoms with Crippen molar-refractivity contribution in [2.45, 2.75) is 32.6 Å². The van der Waals surface area contributed by atoms with Crippen LogP contribution in [0.1, 0.15) is 51.9 Å². The number of thiophene rings is 1. The zero-order valence-electron chi connectivity index (χ0n) is 15.0. The van der Waals surface area contributed by atoms with Crippen molar-refractivity contribution >= 4 is 33.1 Å². The highest BCUT2D eigenvalue weighted by molar-refractivity contribution is 7.20. The van der Waals surface area contributed by atoms with E-state index in [1.807, 2.05) is 42.5 Å². The van der Waals surface area contributed by atoms with Crippen LogP contribution >= 0.6 is 11.3 Å². The molecule has 0 bridgehead atoms. The first kappa shape index (κ1) is 18.3. The lowest BCUT2D eigenvalue weighted by atomic mass is 9.86. The molecule has 0 radical (unpaired) electrons. The highest BCUT2D eigenvalue weighted by atomic mass is 32.1. The summed E-state index contributed by atoms with van der Waals surface area (Å²) in [5, 5.41) is 9.64. The summed E-state index contributed by atoms with van der Waals surface area (Å²) in [7, 11) is 0. The van der Waals surface area contributed by atoms with Gasteiger partial charge in [-0.1, -0.05) is 51.1 Å². The van der Waals surface area contributed by atoms with Gasteiger partial charge in [-0.15, -0.1) is 11.3 Å². The summed E-state index contributed by atoms with van der Waals surface area (Å²) in [5.74, 6) is -0.462. The number of rotatable bonds is 4. The van der Waals surface area contributed by atoms with E-state index in [0.717, 1.165) is 15.6 Å². The molecular formula is C21H21NO3S. The molecule has 3 rings (SSSR count). The predicted octanol–water partition coefficient (Wildman–Crippen LogP) is 4.74. The molecule has 0 saturated heterocycles. The topological polar surface area (TPSA) is 66.4 Å². The van der Waals surface area contributed by atoms with Crippen molar-refractivity contribution < 1.29 is 14.8 Å². The first-order chi connectivity index (χ1) is 12.3. The number of carbonyl (C=O) groups excluding carboxylic acids is 2. The zero-order valence-corrected chi connectivity index (χ0v) is 15.8. The molecule has 0 fully saturated rings. The van der Waals surface area contributed by atoms with Gasteiger partial charge >= 0.3 is 0 Å². The predicted molar refractivity (Wildman–Crippen MR) is 104 cm³/mol. The minimum absolute atomic E-state index is 0.0597. The summed E-state index contributed by atoms with van der Waals surface area (Å²) in [5.41, 5.74) is 4.50. The van der Waals surface area contributed by atoms with E-state index in [9.17, 15) is 9.59 Å². The van der Waals surface area contributed by atoms with Gasteiger partial charge in [0, 0.05) is 16.7 Å². The minimum Gasteiger partial charge on any atom is -0.294 e. The lowest BCUT2D eigenvalue weighted by Gasteiger charge is -2.19. The molecule has 2 aromatic carbocycles. The van der Waals surface area contributed by atoms with Gasteiger partial charge in [-0.05, 0) is 40.1 Å². The number of amides is 1. The zero-order chi connectivity index (χ0) is 18.9. The van der Waals surface area contributed by atoms with Gasteiger partial charge < -0.3 is 0 Å². The van der Waals surface area contributed by atoms with E-state index in [1.54, 1.807) is 11.5 Å². The number of Topliss-reactive ketones (excluding diaryl/α,β-unsaturated/α-hetero) is 1. The van der Waals surface area contributed by atoms with Crippen molar-refractivity contribution in [3.05, 3.63) is 70.1 Å². The fraction of sp³-hybridized carbons (Fsp3) is 0.238. The number of hydrogen-bond donors (Lipinski definition) is 2. The van der Waals surface area contributed by atoms with Crippen LogP contribution in [0.15, 0.2) is 48.5 Å². The van der Waals surface area contributed by atoms with Crippen LogP contribution in [0.25, 0.3) is 10.1 Å². The largest absolute Gasteiger partial charge is 0.294 e. The van der Waals surface area contributed by atoms with Gasteiger partial charge in [0.15, 0.2) is 5.78 Å². The Morgan fingerprint density at radius 1 is 1.04 bits per heavy atom. The second kappa shape index (κ2) is 7.02. The van der Waals surface area contributed by atoms with E-state index in [2.05, 4.69) is 20.8 Å². The van der Waals surface area contributed by atoms with Gasteiger partial charge in [-0.3, -0.25) is 14.8 Å². The number of fused-ring (bicyclic) bond motifs is 1. The fourth-order valence-corrected chi connectivity index (χ4v) is 3.75. The SMILES string of the molecule is CC(C)(C)c1ccc(C(=O)Cc2ccc3sc(C(=O)NO)cc3c2)cc1. The van der Waals surface area contributed by atoms with Crippen molar-refractivity contribution in [3.63, 3.8) is 0 Å². The standard InChI is InChI=1S/C21H21NO3S/c1-21(2,3)16-7-5-14(6-8-16)17(23)11-13-4-9-18-15(10-13)12-19(26-18)20(24)22-25/h4-10,12,25H,11H2,1-3H3,(H,22,24). The maximum absolute atomic E-state index is 12.6. The van der Waals surface area contributed by atoms with Gasteiger partial charge in [0.05, 0.1) is 4.88 Å². The molecule has 0 saturated carbocycles.